The van der Waals surface area contributed by atoms with Gasteiger partial charge in [-0.15, -0.1) is 0 Å². The van der Waals surface area contributed by atoms with Gasteiger partial charge in [0.25, 0.3) is 5.56 Å². The molecule has 0 saturated carbocycles. The third kappa shape index (κ3) is 2.26. The molecule has 0 unspecified atom stereocenters. The summed E-state index contributed by atoms with van der Waals surface area (Å²) < 4.78 is 3.90. The highest BCUT2D eigenvalue weighted by Gasteiger charge is 2.21. The maximum atomic E-state index is 12.1. The van der Waals surface area contributed by atoms with Crippen LogP contribution in [-0.2, 0) is 26.7 Å². The van der Waals surface area contributed by atoms with Gasteiger partial charge in [0.2, 0.25) is 0 Å². The second kappa shape index (κ2) is 5.02. The minimum Gasteiger partial charge on any atom is -0.330 e. The molecule has 0 spiro atoms. The number of aromatic nitrogens is 6. The molecule has 1 aliphatic heterocycles. The zero-order valence-electron chi connectivity index (χ0n) is 13.5. The number of aromatic amines is 1. The van der Waals surface area contributed by atoms with E-state index in [0.717, 1.165) is 31.2 Å². The lowest BCUT2D eigenvalue weighted by atomic mass is 10.3. The van der Waals surface area contributed by atoms with Crippen LogP contribution in [0, 0.1) is 13.8 Å². The van der Waals surface area contributed by atoms with E-state index in [1.165, 1.54) is 5.69 Å². The second-order valence-electron chi connectivity index (χ2n) is 6.08. The van der Waals surface area contributed by atoms with E-state index in [-0.39, 0.29) is 5.56 Å². The van der Waals surface area contributed by atoms with Crippen molar-refractivity contribution < 1.29 is 0 Å². The summed E-state index contributed by atoms with van der Waals surface area (Å²) >= 11 is 0. The molecule has 0 aliphatic carbocycles. The van der Waals surface area contributed by atoms with E-state index in [2.05, 4.69) is 36.4 Å². The van der Waals surface area contributed by atoms with Gasteiger partial charge in [-0.3, -0.25) is 14.4 Å². The lowest BCUT2D eigenvalue weighted by Crippen LogP contribution is -2.34. The summed E-state index contributed by atoms with van der Waals surface area (Å²) in [6.07, 6.45) is 1.55. The average molecular weight is 313 g/mol. The monoisotopic (exact) mass is 313 g/mol. The average Bonchev–Trinajstić information content (AvgIpc) is 3.01. The normalized spacial score (nSPS) is 15.3. The van der Waals surface area contributed by atoms with Gasteiger partial charge in [-0.05, 0) is 13.8 Å². The first kappa shape index (κ1) is 14.1. The van der Waals surface area contributed by atoms with Crippen molar-refractivity contribution in [1.29, 1.82) is 0 Å². The summed E-state index contributed by atoms with van der Waals surface area (Å²) in [5, 5.41) is 4.62. The molecule has 0 atom stereocenters. The van der Waals surface area contributed by atoms with Gasteiger partial charge in [-0.1, -0.05) is 0 Å². The van der Waals surface area contributed by atoms with Crippen LogP contribution in [0.25, 0.3) is 11.0 Å². The summed E-state index contributed by atoms with van der Waals surface area (Å²) in [6.45, 7) is 7.34. The van der Waals surface area contributed by atoms with E-state index in [9.17, 15) is 4.79 Å². The van der Waals surface area contributed by atoms with E-state index in [0.29, 0.717) is 23.4 Å². The number of hydrogen-bond donors (Lipinski definition) is 1. The number of hydrogen-bond acceptors (Lipinski definition) is 5. The molecule has 4 heterocycles. The van der Waals surface area contributed by atoms with Gasteiger partial charge in [0.15, 0.2) is 5.65 Å². The molecule has 23 heavy (non-hydrogen) atoms. The molecule has 0 amide bonds. The van der Waals surface area contributed by atoms with Crippen LogP contribution in [0.2, 0.25) is 0 Å². The Kier molecular flexibility index (Phi) is 3.08. The molecule has 4 rings (SSSR count). The standard InChI is InChI=1S/C15H19N7O/c1-9-10(2)22-5-4-21(8-13(22)17-9)7-12-18-14-11(15(23)19-12)6-16-20(14)3/h6H,4-5,7-8H2,1-3H3,(H,18,19,23). The molecule has 1 aliphatic rings. The Hall–Kier alpha value is -2.48. The Morgan fingerprint density at radius 3 is 2.91 bits per heavy atom. The fraction of sp³-hybridized carbons (Fsp3) is 0.467. The first-order chi connectivity index (χ1) is 11.0. The van der Waals surface area contributed by atoms with Crippen molar-refractivity contribution in [2.45, 2.75) is 33.5 Å². The van der Waals surface area contributed by atoms with E-state index in [1.807, 2.05) is 6.92 Å². The minimum absolute atomic E-state index is 0.136. The smallest absolute Gasteiger partial charge is 0.262 e. The maximum Gasteiger partial charge on any atom is 0.262 e. The highest BCUT2D eigenvalue weighted by Crippen LogP contribution is 2.18. The zero-order chi connectivity index (χ0) is 16.1. The molecule has 0 saturated heterocycles. The highest BCUT2D eigenvalue weighted by atomic mass is 16.1. The van der Waals surface area contributed by atoms with Gasteiger partial charge >= 0.3 is 0 Å². The topological polar surface area (TPSA) is 84.6 Å². The molecule has 0 fully saturated rings. The predicted octanol–water partition coefficient (Wildman–Crippen LogP) is 0.486. The molecule has 120 valence electrons. The van der Waals surface area contributed by atoms with Crippen molar-refractivity contribution in [3.63, 3.8) is 0 Å². The molecular weight excluding hydrogens is 294 g/mol. The lowest BCUT2D eigenvalue weighted by Gasteiger charge is -2.27. The van der Waals surface area contributed by atoms with Crippen LogP contribution in [0.15, 0.2) is 11.0 Å². The first-order valence-electron chi connectivity index (χ1n) is 7.69. The van der Waals surface area contributed by atoms with E-state index < -0.39 is 0 Å². The van der Waals surface area contributed by atoms with Crippen molar-refractivity contribution in [2.24, 2.45) is 7.05 Å². The molecule has 1 N–H and O–H groups in total. The van der Waals surface area contributed by atoms with Gasteiger partial charge in [0, 0.05) is 25.8 Å². The highest BCUT2D eigenvalue weighted by molar-refractivity contribution is 5.72. The number of fused-ring (bicyclic) bond motifs is 2. The second-order valence-corrected chi connectivity index (χ2v) is 6.08. The van der Waals surface area contributed by atoms with Crippen molar-refractivity contribution in [3.05, 3.63) is 39.6 Å². The Labute approximate surface area is 132 Å². The third-order valence-electron chi connectivity index (χ3n) is 4.57. The van der Waals surface area contributed by atoms with Crippen LogP contribution < -0.4 is 5.56 Å². The van der Waals surface area contributed by atoms with Crippen molar-refractivity contribution in [2.75, 3.05) is 6.54 Å². The van der Waals surface area contributed by atoms with Crippen LogP contribution in [0.5, 0.6) is 0 Å². The fourth-order valence-electron chi connectivity index (χ4n) is 3.16. The molecule has 8 nitrogen and oxygen atoms in total. The zero-order valence-corrected chi connectivity index (χ0v) is 13.5. The largest absolute Gasteiger partial charge is 0.330 e. The van der Waals surface area contributed by atoms with E-state index >= 15 is 0 Å². The number of aryl methyl sites for hydroxylation is 2. The van der Waals surface area contributed by atoms with Crippen LogP contribution in [0.3, 0.4) is 0 Å². The van der Waals surface area contributed by atoms with E-state index in [1.54, 1.807) is 17.9 Å². The van der Waals surface area contributed by atoms with Gasteiger partial charge < -0.3 is 9.55 Å². The molecule has 0 bridgehead atoms. The molecule has 3 aromatic rings. The number of rotatable bonds is 2. The Morgan fingerprint density at radius 1 is 1.26 bits per heavy atom. The van der Waals surface area contributed by atoms with Crippen molar-refractivity contribution in [3.8, 4) is 0 Å². The number of nitrogens with one attached hydrogen (secondary N) is 1. The summed E-state index contributed by atoms with van der Waals surface area (Å²) in [4.78, 5) is 26.4. The third-order valence-corrected chi connectivity index (χ3v) is 4.57. The summed E-state index contributed by atoms with van der Waals surface area (Å²) in [6, 6.07) is 0. The number of imidazole rings is 1. The van der Waals surface area contributed by atoms with Gasteiger partial charge in [0.1, 0.15) is 17.0 Å². The number of nitrogens with zero attached hydrogens (tertiary/aromatic N) is 6. The lowest BCUT2D eigenvalue weighted by molar-refractivity contribution is 0.203. The van der Waals surface area contributed by atoms with Gasteiger partial charge in [0.05, 0.1) is 25.0 Å². The summed E-state index contributed by atoms with van der Waals surface area (Å²) in [5.74, 6) is 1.75. The van der Waals surface area contributed by atoms with Crippen LogP contribution in [0.1, 0.15) is 23.0 Å². The quantitative estimate of drug-likeness (QED) is 0.744. The summed E-state index contributed by atoms with van der Waals surface area (Å²) in [7, 11) is 1.79. The van der Waals surface area contributed by atoms with Crippen molar-refractivity contribution in [1.82, 2.24) is 34.2 Å². The SMILES string of the molecule is Cc1nc2n(c1C)CCN(Cc1nc3c(cnn3C)c(=O)[nH]1)C2. The fourth-order valence-corrected chi connectivity index (χ4v) is 3.16. The number of H-pyrrole nitrogens is 1. The molecule has 3 aromatic heterocycles. The summed E-state index contributed by atoms with van der Waals surface area (Å²) in [5.41, 5.74) is 2.81. The Morgan fingerprint density at radius 2 is 2.09 bits per heavy atom. The molecule has 8 heteroatoms. The molecule has 0 radical (unpaired) electrons. The van der Waals surface area contributed by atoms with Crippen LogP contribution in [-0.4, -0.2) is 40.7 Å². The van der Waals surface area contributed by atoms with E-state index in [4.69, 9.17) is 0 Å². The van der Waals surface area contributed by atoms with Gasteiger partial charge in [-0.2, -0.15) is 5.10 Å². The predicted molar refractivity (Wildman–Crippen MR) is 84.9 cm³/mol. The molecule has 0 aromatic carbocycles. The maximum absolute atomic E-state index is 12.1. The first-order valence-corrected chi connectivity index (χ1v) is 7.69. The minimum atomic E-state index is -0.136. The van der Waals surface area contributed by atoms with Crippen LogP contribution in [0.4, 0.5) is 0 Å². The Balaban J connectivity index is 1.62. The van der Waals surface area contributed by atoms with Crippen molar-refractivity contribution >= 4 is 11.0 Å². The Bertz CT molecular complexity index is 949. The van der Waals surface area contributed by atoms with Crippen LogP contribution >= 0.6 is 0 Å². The molecular formula is C15H19N7O. The van der Waals surface area contributed by atoms with Gasteiger partial charge in [-0.25, -0.2) is 9.97 Å².